The Balaban J connectivity index is 4.93. The van der Waals surface area contributed by atoms with Gasteiger partial charge in [-0.2, -0.15) is 5.26 Å². The first-order valence-corrected chi connectivity index (χ1v) is 5.42. The number of aliphatic hydroxyl groups excluding tert-OH is 1. The van der Waals surface area contributed by atoms with E-state index in [0.717, 1.165) is 0 Å². The molecule has 1 amide bonds. The molecule has 0 rings (SSSR count). The van der Waals surface area contributed by atoms with Crippen LogP contribution in [0.3, 0.4) is 0 Å². The average Bonchev–Trinajstić information content (AvgIpc) is 2.13. The van der Waals surface area contributed by atoms with E-state index in [-0.39, 0.29) is 24.3 Å². The summed E-state index contributed by atoms with van der Waals surface area (Å²) in [5, 5.41) is 17.9. The van der Waals surface area contributed by atoms with Gasteiger partial charge in [0.2, 0.25) is 5.91 Å². The molecule has 0 aromatic heterocycles. The second kappa shape index (κ2) is 5.31. The van der Waals surface area contributed by atoms with Crippen LogP contribution in [0.2, 0.25) is 0 Å². The number of aliphatic hydroxyl groups is 1. The van der Waals surface area contributed by atoms with E-state index >= 15 is 0 Å². The molecule has 0 unspecified atom stereocenters. The maximum Gasteiger partial charge on any atom is 0.237 e. The minimum absolute atomic E-state index is 0.0580. The highest BCUT2D eigenvalue weighted by Crippen LogP contribution is 2.23. The molecule has 0 heterocycles. The zero-order valence-corrected chi connectivity index (χ0v) is 10.9. The Labute approximate surface area is 97.9 Å². The van der Waals surface area contributed by atoms with Gasteiger partial charge in [-0.05, 0) is 19.3 Å². The number of nitriles is 1. The van der Waals surface area contributed by atoms with E-state index in [0.29, 0.717) is 6.54 Å². The summed E-state index contributed by atoms with van der Waals surface area (Å²) in [4.78, 5) is 13.4. The normalized spacial score (nSPS) is 12.1. The monoisotopic (exact) mass is 226 g/mol. The Hall–Kier alpha value is -1.08. The van der Waals surface area contributed by atoms with Crippen LogP contribution in [0.5, 0.6) is 0 Å². The van der Waals surface area contributed by atoms with Crippen molar-refractivity contribution in [1.29, 1.82) is 5.26 Å². The third-order valence-corrected chi connectivity index (χ3v) is 2.28. The zero-order valence-electron chi connectivity index (χ0n) is 10.9. The van der Waals surface area contributed by atoms with E-state index in [1.54, 1.807) is 18.7 Å². The average molecular weight is 226 g/mol. The van der Waals surface area contributed by atoms with Crippen molar-refractivity contribution >= 4 is 5.91 Å². The highest BCUT2D eigenvalue weighted by Gasteiger charge is 2.32. The van der Waals surface area contributed by atoms with Crippen molar-refractivity contribution in [2.24, 2.45) is 5.41 Å². The van der Waals surface area contributed by atoms with E-state index in [1.807, 2.05) is 26.8 Å². The van der Waals surface area contributed by atoms with Crippen molar-refractivity contribution < 1.29 is 9.90 Å². The minimum Gasteiger partial charge on any atom is -0.394 e. The predicted octanol–water partition coefficient (Wildman–Crippen LogP) is 1.55. The summed E-state index contributed by atoms with van der Waals surface area (Å²) in [5.74, 6) is -0.225. The summed E-state index contributed by atoms with van der Waals surface area (Å²) >= 11 is 0. The van der Waals surface area contributed by atoms with Gasteiger partial charge in [0.25, 0.3) is 0 Å². The Morgan fingerprint density at radius 3 is 2.12 bits per heavy atom. The Morgan fingerprint density at radius 1 is 1.31 bits per heavy atom. The maximum atomic E-state index is 11.8. The largest absolute Gasteiger partial charge is 0.394 e. The molecule has 92 valence electrons. The topological polar surface area (TPSA) is 64.3 Å². The first-order valence-electron chi connectivity index (χ1n) is 5.42. The lowest BCUT2D eigenvalue weighted by molar-refractivity contribution is -0.139. The van der Waals surface area contributed by atoms with Gasteiger partial charge in [-0.1, -0.05) is 20.8 Å². The molecule has 4 nitrogen and oxygen atoms in total. The standard InChI is InChI=1S/C12H22N2O2/c1-11(2,3)8-14(10(16)6-7-13)12(4,5)9-15/h15H,6,8-9H2,1-5H3. The molecule has 0 saturated carbocycles. The van der Waals surface area contributed by atoms with Gasteiger partial charge < -0.3 is 10.0 Å². The predicted molar refractivity (Wildman–Crippen MR) is 62.6 cm³/mol. The minimum atomic E-state index is -0.624. The molecule has 0 fully saturated rings. The molecule has 0 aromatic carbocycles. The van der Waals surface area contributed by atoms with Gasteiger partial charge in [0, 0.05) is 6.54 Å². The summed E-state index contributed by atoms with van der Waals surface area (Å²) in [7, 11) is 0. The molecular weight excluding hydrogens is 204 g/mol. The van der Waals surface area contributed by atoms with Crippen molar-refractivity contribution in [2.45, 2.75) is 46.6 Å². The highest BCUT2D eigenvalue weighted by atomic mass is 16.3. The van der Waals surface area contributed by atoms with Gasteiger partial charge in [-0.3, -0.25) is 4.79 Å². The highest BCUT2D eigenvalue weighted by molar-refractivity contribution is 5.79. The lowest BCUT2D eigenvalue weighted by Crippen LogP contribution is -2.53. The van der Waals surface area contributed by atoms with Crippen LogP contribution >= 0.6 is 0 Å². The summed E-state index contributed by atoms with van der Waals surface area (Å²) in [6.45, 7) is 10.1. The number of nitrogens with zero attached hydrogens (tertiary/aromatic N) is 2. The van der Waals surface area contributed by atoms with Crippen LogP contribution in [0.4, 0.5) is 0 Å². The van der Waals surface area contributed by atoms with Crippen LogP contribution in [-0.2, 0) is 4.79 Å². The van der Waals surface area contributed by atoms with E-state index in [2.05, 4.69) is 0 Å². The third-order valence-electron chi connectivity index (χ3n) is 2.28. The number of hydrogen-bond acceptors (Lipinski definition) is 3. The molecule has 16 heavy (non-hydrogen) atoms. The van der Waals surface area contributed by atoms with Crippen LogP contribution in [-0.4, -0.2) is 34.6 Å². The summed E-state index contributed by atoms with van der Waals surface area (Å²) in [6.07, 6.45) is -0.139. The number of carbonyl (C=O) groups is 1. The second-order valence-corrected chi connectivity index (χ2v) is 5.85. The lowest BCUT2D eigenvalue weighted by atomic mass is 9.92. The van der Waals surface area contributed by atoms with Crippen molar-refractivity contribution in [3.63, 3.8) is 0 Å². The van der Waals surface area contributed by atoms with Gasteiger partial charge in [0.05, 0.1) is 18.2 Å². The zero-order chi connectivity index (χ0) is 13.0. The van der Waals surface area contributed by atoms with Crippen LogP contribution in [0.15, 0.2) is 0 Å². The molecular formula is C12H22N2O2. The molecule has 0 bridgehead atoms. The molecule has 0 aliphatic heterocycles. The number of amides is 1. The fourth-order valence-electron chi connectivity index (χ4n) is 1.36. The van der Waals surface area contributed by atoms with Gasteiger partial charge in [0.1, 0.15) is 6.42 Å². The summed E-state index contributed by atoms with van der Waals surface area (Å²) in [6, 6.07) is 1.86. The van der Waals surface area contributed by atoms with Crippen molar-refractivity contribution in [1.82, 2.24) is 4.90 Å². The Bertz CT molecular complexity index is 284. The SMILES string of the molecule is CC(C)(C)CN(C(=O)CC#N)C(C)(C)CO. The van der Waals surface area contributed by atoms with Gasteiger partial charge >= 0.3 is 0 Å². The molecule has 0 aliphatic rings. The van der Waals surface area contributed by atoms with Gasteiger partial charge in [0.15, 0.2) is 0 Å². The van der Waals surface area contributed by atoms with E-state index in [9.17, 15) is 9.90 Å². The van der Waals surface area contributed by atoms with Crippen molar-refractivity contribution in [3.8, 4) is 6.07 Å². The van der Waals surface area contributed by atoms with Crippen molar-refractivity contribution in [2.75, 3.05) is 13.2 Å². The fourth-order valence-corrected chi connectivity index (χ4v) is 1.36. The summed E-state index contributed by atoms with van der Waals surface area (Å²) < 4.78 is 0. The van der Waals surface area contributed by atoms with Crippen LogP contribution in [0, 0.1) is 16.7 Å². The van der Waals surface area contributed by atoms with Gasteiger partial charge in [-0.25, -0.2) is 0 Å². The smallest absolute Gasteiger partial charge is 0.237 e. The van der Waals surface area contributed by atoms with Crippen LogP contribution in [0.1, 0.15) is 41.0 Å². The van der Waals surface area contributed by atoms with Crippen LogP contribution in [0.25, 0.3) is 0 Å². The number of rotatable bonds is 4. The molecule has 0 aliphatic carbocycles. The van der Waals surface area contributed by atoms with Crippen molar-refractivity contribution in [3.05, 3.63) is 0 Å². The fraction of sp³-hybridized carbons (Fsp3) is 0.833. The first-order chi connectivity index (χ1) is 7.14. The third kappa shape index (κ3) is 4.63. The Morgan fingerprint density at radius 2 is 1.81 bits per heavy atom. The molecule has 0 saturated heterocycles. The number of carbonyl (C=O) groups excluding carboxylic acids is 1. The van der Waals surface area contributed by atoms with Gasteiger partial charge in [-0.15, -0.1) is 0 Å². The Kier molecular flexibility index (Phi) is 4.95. The van der Waals surface area contributed by atoms with E-state index in [4.69, 9.17) is 5.26 Å². The summed E-state index contributed by atoms with van der Waals surface area (Å²) in [5.41, 5.74) is -0.682. The number of hydrogen-bond donors (Lipinski definition) is 1. The molecule has 1 N–H and O–H groups in total. The van der Waals surface area contributed by atoms with E-state index in [1.165, 1.54) is 0 Å². The van der Waals surface area contributed by atoms with Crippen LogP contribution < -0.4 is 0 Å². The quantitative estimate of drug-likeness (QED) is 0.791. The first kappa shape index (κ1) is 14.9. The second-order valence-electron chi connectivity index (χ2n) is 5.85. The molecule has 4 heteroatoms. The molecule has 0 aromatic rings. The van der Waals surface area contributed by atoms with E-state index < -0.39 is 5.54 Å². The maximum absolute atomic E-state index is 11.8. The lowest BCUT2D eigenvalue weighted by Gasteiger charge is -2.40. The molecule has 0 atom stereocenters. The molecule has 0 spiro atoms. The molecule has 0 radical (unpaired) electrons.